The summed E-state index contributed by atoms with van der Waals surface area (Å²) in [5, 5.41) is 0. The maximum atomic E-state index is 12.1. The highest BCUT2D eigenvalue weighted by molar-refractivity contribution is 9.10. The number of halogens is 1. The Bertz CT molecular complexity index is 650. The summed E-state index contributed by atoms with van der Waals surface area (Å²) in [7, 11) is 0. The number of aromatic nitrogens is 1. The van der Waals surface area contributed by atoms with E-state index in [-0.39, 0.29) is 5.78 Å². The highest BCUT2D eigenvalue weighted by Gasteiger charge is 2.27. The third kappa shape index (κ3) is 1.95. The number of ketones is 1. The molecule has 1 aromatic carbocycles. The van der Waals surface area contributed by atoms with Crippen molar-refractivity contribution >= 4 is 27.8 Å². The largest absolute Gasteiger partial charge is 0.452 e. The lowest BCUT2D eigenvalue weighted by Gasteiger charge is -1.97. The van der Waals surface area contributed by atoms with Gasteiger partial charge in [0.15, 0.2) is 5.76 Å². The molecule has 0 atom stereocenters. The van der Waals surface area contributed by atoms with Gasteiger partial charge in [-0.05, 0) is 42.0 Å². The molecule has 0 saturated carbocycles. The van der Waals surface area contributed by atoms with Gasteiger partial charge in [-0.3, -0.25) is 9.78 Å². The van der Waals surface area contributed by atoms with Crippen molar-refractivity contribution < 1.29 is 9.53 Å². The Hall–Kier alpha value is -1.94. The van der Waals surface area contributed by atoms with E-state index >= 15 is 0 Å². The van der Waals surface area contributed by atoms with Gasteiger partial charge in [0, 0.05) is 16.9 Å². The number of carbonyl (C=O) groups is 1. The van der Waals surface area contributed by atoms with Gasteiger partial charge in [0.2, 0.25) is 5.78 Å². The number of carbonyl (C=O) groups excluding carboxylic acids is 1. The van der Waals surface area contributed by atoms with E-state index in [9.17, 15) is 4.79 Å². The van der Waals surface area contributed by atoms with Crippen LogP contribution in [-0.2, 0) is 0 Å². The summed E-state index contributed by atoms with van der Waals surface area (Å²) < 4.78 is 6.41. The molecule has 0 spiro atoms. The first-order chi connectivity index (χ1) is 8.74. The first-order valence-electron chi connectivity index (χ1n) is 5.38. The van der Waals surface area contributed by atoms with E-state index in [1.54, 1.807) is 30.6 Å². The zero-order valence-corrected chi connectivity index (χ0v) is 10.8. The Kier molecular flexibility index (Phi) is 2.72. The molecule has 2 heterocycles. The van der Waals surface area contributed by atoms with Crippen LogP contribution in [0.3, 0.4) is 0 Å². The van der Waals surface area contributed by atoms with Crippen LogP contribution < -0.4 is 4.74 Å². The molecule has 0 saturated heterocycles. The second kappa shape index (κ2) is 4.38. The predicted octanol–water partition coefficient (Wildman–Crippen LogP) is 3.46. The molecule has 88 valence electrons. The van der Waals surface area contributed by atoms with Crippen LogP contribution in [0.5, 0.6) is 5.75 Å². The van der Waals surface area contributed by atoms with Crippen LogP contribution in [0, 0.1) is 0 Å². The molecule has 0 unspecified atom stereocenters. The molecule has 1 aliphatic rings. The van der Waals surface area contributed by atoms with E-state index in [4.69, 9.17) is 4.74 Å². The van der Waals surface area contributed by atoms with E-state index in [2.05, 4.69) is 20.9 Å². The van der Waals surface area contributed by atoms with Crippen LogP contribution in [0.2, 0.25) is 0 Å². The smallest absolute Gasteiger partial charge is 0.232 e. The molecule has 0 amide bonds. The van der Waals surface area contributed by atoms with Gasteiger partial charge >= 0.3 is 0 Å². The fourth-order valence-corrected chi connectivity index (χ4v) is 2.13. The lowest BCUT2D eigenvalue weighted by atomic mass is 10.1. The van der Waals surface area contributed by atoms with Crippen molar-refractivity contribution in [2.75, 3.05) is 0 Å². The van der Waals surface area contributed by atoms with Gasteiger partial charge in [-0.1, -0.05) is 15.9 Å². The number of ether oxygens (including phenoxy) is 1. The molecule has 0 fully saturated rings. The topological polar surface area (TPSA) is 39.2 Å². The summed E-state index contributed by atoms with van der Waals surface area (Å²) >= 11 is 3.34. The van der Waals surface area contributed by atoms with Crippen LogP contribution in [0.1, 0.15) is 15.9 Å². The number of hydrogen-bond acceptors (Lipinski definition) is 3. The minimum Gasteiger partial charge on any atom is -0.452 e. The molecule has 1 aliphatic heterocycles. The molecule has 0 aliphatic carbocycles. The molecular weight excluding hydrogens is 294 g/mol. The highest BCUT2D eigenvalue weighted by Crippen LogP contribution is 2.33. The second-order valence-corrected chi connectivity index (χ2v) is 4.78. The Labute approximate surface area is 112 Å². The van der Waals surface area contributed by atoms with Gasteiger partial charge in [0.05, 0.1) is 5.56 Å². The summed E-state index contributed by atoms with van der Waals surface area (Å²) in [4.78, 5) is 16.1. The fraction of sp³-hybridized carbons (Fsp3) is 0. The zero-order chi connectivity index (χ0) is 12.5. The number of benzene rings is 1. The molecule has 3 nitrogen and oxygen atoms in total. The van der Waals surface area contributed by atoms with Crippen molar-refractivity contribution in [2.24, 2.45) is 0 Å². The maximum Gasteiger partial charge on any atom is 0.232 e. The quantitative estimate of drug-likeness (QED) is 0.757. The lowest BCUT2D eigenvalue weighted by molar-refractivity contribution is 0.101. The molecule has 3 rings (SSSR count). The van der Waals surface area contributed by atoms with E-state index < -0.39 is 0 Å². The van der Waals surface area contributed by atoms with Crippen LogP contribution in [0.25, 0.3) is 6.08 Å². The zero-order valence-electron chi connectivity index (χ0n) is 9.26. The van der Waals surface area contributed by atoms with Crippen molar-refractivity contribution in [3.05, 3.63) is 64.1 Å². The number of allylic oxidation sites excluding steroid dienone is 1. The molecule has 0 bridgehead atoms. The molecule has 0 N–H and O–H groups in total. The van der Waals surface area contributed by atoms with Gasteiger partial charge in [-0.15, -0.1) is 0 Å². The van der Waals surface area contributed by atoms with E-state index in [1.807, 2.05) is 18.2 Å². The summed E-state index contributed by atoms with van der Waals surface area (Å²) in [5.41, 5.74) is 1.48. The molecule has 2 aromatic rings. The van der Waals surface area contributed by atoms with Crippen molar-refractivity contribution in [3.8, 4) is 5.75 Å². The monoisotopic (exact) mass is 301 g/mol. The van der Waals surface area contributed by atoms with E-state index in [0.29, 0.717) is 17.1 Å². The lowest BCUT2D eigenvalue weighted by Crippen LogP contribution is -1.98. The number of hydrogen-bond donors (Lipinski definition) is 0. The number of pyridine rings is 1. The SMILES string of the molecule is O=C1/C(=C/c2ccncc2)Oc2ccc(Br)cc21. The average molecular weight is 302 g/mol. The highest BCUT2D eigenvalue weighted by atomic mass is 79.9. The van der Waals surface area contributed by atoms with Gasteiger partial charge < -0.3 is 4.74 Å². The second-order valence-electron chi connectivity index (χ2n) is 3.86. The normalized spacial score (nSPS) is 15.6. The number of nitrogens with zero attached hydrogens (tertiary/aromatic N) is 1. The van der Waals surface area contributed by atoms with Crippen molar-refractivity contribution in [2.45, 2.75) is 0 Å². The van der Waals surface area contributed by atoms with Gasteiger partial charge in [0.25, 0.3) is 0 Å². The van der Waals surface area contributed by atoms with E-state index in [0.717, 1.165) is 10.0 Å². The Balaban J connectivity index is 2.00. The Morgan fingerprint density at radius 1 is 1.17 bits per heavy atom. The molecule has 18 heavy (non-hydrogen) atoms. The summed E-state index contributed by atoms with van der Waals surface area (Å²) in [6.45, 7) is 0. The summed E-state index contributed by atoms with van der Waals surface area (Å²) in [6.07, 6.45) is 5.07. The molecule has 0 radical (unpaired) electrons. The predicted molar refractivity (Wildman–Crippen MR) is 71.3 cm³/mol. The van der Waals surface area contributed by atoms with Crippen LogP contribution in [-0.4, -0.2) is 10.8 Å². The van der Waals surface area contributed by atoms with Crippen molar-refractivity contribution in [1.82, 2.24) is 4.98 Å². The van der Waals surface area contributed by atoms with Gasteiger partial charge in [-0.25, -0.2) is 0 Å². The maximum absolute atomic E-state index is 12.1. The third-order valence-electron chi connectivity index (χ3n) is 2.63. The fourth-order valence-electron chi connectivity index (χ4n) is 1.77. The molecule has 4 heteroatoms. The molecular formula is C14H8BrNO2. The first kappa shape index (κ1) is 11.2. The first-order valence-corrected chi connectivity index (χ1v) is 6.17. The minimum absolute atomic E-state index is 0.0943. The molecule has 1 aromatic heterocycles. The average Bonchev–Trinajstić information content (AvgIpc) is 2.68. The van der Waals surface area contributed by atoms with Crippen molar-refractivity contribution in [1.29, 1.82) is 0 Å². The van der Waals surface area contributed by atoms with E-state index in [1.165, 1.54) is 0 Å². The van der Waals surface area contributed by atoms with Crippen molar-refractivity contribution in [3.63, 3.8) is 0 Å². The number of Topliss-reactive ketones (excluding diaryl/α,β-unsaturated/α-hetero) is 1. The standard InChI is InChI=1S/C14H8BrNO2/c15-10-1-2-12-11(8-10)14(17)13(18-12)7-9-3-5-16-6-4-9/h1-8H/b13-7-. The van der Waals surface area contributed by atoms with Gasteiger partial charge in [0.1, 0.15) is 5.75 Å². The Morgan fingerprint density at radius 2 is 1.94 bits per heavy atom. The third-order valence-corrected chi connectivity index (χ3v) is 3.13. The van der Waals surface area contributed by atoms with Gasteiger partial charge in [-0.2, -0.15) is 0 Å². The van der Waals surface area contributed by atoms with Crippen LogP contribution in [0.4, 0.5) is 0 Å². The minimum atomic E-state index is -0.0943. The van der Waals surface area contributed by atoms with Crippen LogP contribution in [0.15, 0.2) is 53.0 Å². The Morgan fingerprint density at radius 3 is 2.72 bits per heavy atom. The summed E-state index contributed by atoms with van der Waals surface area (Å²) in [5.74, 6) is 0.848. The summed E-state index contributed by atoms with van der Waals surface area (Å²) in [6, 6.07) is 9.04. The number of rotatable bonds is 1. The van der Waals surface area contributed by atoms with Crippen LogP contribution >= 0.6 is 15.9 Å². The number of fused-ring (bicyclic) bond motifs is 1.